The molecule has 9 heteroatoms. The van der Waals surface area contributed by atoms with Gasteiger partial charge in [0.05, 0.1) is 29.1 Å². The third-order valence-electron chi connectivity index (χ3n) is 5.06. The normalized spacial score (nSPS) is 11.8. The number of aryl methyl sites for hydroxylation is 1. The van der Waals surface area contributed by atoms with Gasteiger partial charge in [-0.25, -0.2) is 14.6 Å². The van der Waals surface area contributed by atoms with E-state index in [-0.39, 0.29) is 18.4 Å². The molecule has 2 aromatic heterocycles. The monoisotopic (exact) mass is 460 g/mol. The highest BCUT2D eigenvalue weighted by Gasteiger charge is 2.23. The third-order valence-corrected chi connectivity index (χ3v) is 6.16. The molecule has 1 atom stereocenters. The maximum Gasteiger partial charge on any atom is 0.243 e. The second-order valence-electron chi connectivity index (χ2n) is 7.68. The van der Waals surface area contributed by atoms with Crippen LogP contribution in [0.4, 0.5) is 5.69 Å². The van der Waals surface area contributed by atoms with Crippen LogP contribution in [-0.2, 0) is 9.59 Å². The molecule has 2 amide bonds. The number of carbonyl (C=O) groups is 2. The number of amides is 2. The van der Waals surface area contributed by atoms with Crippen molar-refractivity contribution in [2.24, 2.45) is 0 Å². The van der Waals surface area contributed by atoms with Gasteiger partial charge in [-0.3, -0.25) is 9.59 Å². The lowest BCUT2D eigenvalue weighted by Crippen LogP contribution is -2.38. The van der Waals surface area contributed by atoms with Gasteiger partial charge in [0.1, 0.15) is 11.4 Å². The van der Waals surface area contributed by atoms with Gasteiger partial charge in [-0.05, 0) is 38.1 Å². The van der Waals surface area contributed by atoms with E-state index in [9.17, 15) is 9.59 Å². The molecule has 0 unspecified atom stereocenters. The molecule has 0 fully saturated rings. The van der Waals surface area contributed by atoms with Crippen molar-refractivity contribution in [1.29, 1.82) is 0 Å². The number of fused-ring (bicyclic) bond motifs is 1. The summed E-state index contributed by atoms with van der Waals surface area (Å²) in [6.45, 7) is 3.74. The molecule has 2 heterocycles. The van der Waals surface area contributed by atoms with Gasteiger partial charge in [0.15, 0.2) is 5.65 Å². The lowest BCUT2D eigenvalue weighted by atomic mass is 10.2. The SMILES string of the molecule is Cc1ccc(NC(=O)CN(C)C(=O)[C@H](C)Sc2ncnc3c2cnn3-c2ccccc2)cc1. The molecule has 0 bridgehead atoms. The first-order chi connectivity index (χ1) is 15.9. The molecule has 1 N–H and O–H groups in total. The highest BCUT2D eigenvalue weighted by atomic mass is 32.2. The van der Waals surface area contributed by atoms with Crippen molar-refractivity contribution < 1.29 is 9.59 Å². The third kappa shape index (κ3) is 5.20. The molecule has 2 aromatic carbocycles. The molecule has 0 aliphatic rings. The molecule has 4 rings (SSSR count). The van der Waals surface area contributed by atoms with Gasteiger partial charge in [0.2, 0.25) is 11.8 Å². The zero-order chi connectivity index (χ0) is 23.4. The van der Waals surface area contributed by atoms with Crippen LogP contribution >= 0.6 is 11.8 Å². The Morgan fingerprint density at radius 2 is 1.82 bits per heavy atom. The zero-order valence-corrected chi connectivity index (χ0v) is 19.4. The van der Waals surface area contributed by atoms with Crippen molar-refractivity contribution in [3.05, 3.63) is 72.7 Å². The Kier molecular flexibility index (Phi) is 6.69. The minimum atomic E-state index is -0.444. The molecule has 168 valence electrons. The standard InChI is InChI=1S/C24H24N6O2S/c1-16-9-11-18(12-10-16)28-21(31)14-29(3)24(32)17(2)33-23-20-13-27-30(22(20)25-15-26-23)19-7-5-4-6-8-19/h4-13,15,17H,14H2,1-3H3,(H,28,31)/t17-/m0/s1. The van der Waals surface area contributed by atoms with E-state index in [1.54, 1.807) is 24.9 Å². The Morgan fingerprint density at radius 3 is 2.55 bits per heavy atom. The highest BCUT2D eigenvalue weighted by Crippen LogP contribution is 2.29. The quantitative estimate of drug-likeness (QED) is 0.334. The number of likely N-dealkylation sites (N-methyl/N-ethyl adjacent to an activating group) is 1. The number of nitrogens with zero attached hydrogens (tertiary/aromatic N) is 5. The minimum absolute atomic E-state index is 0.0390. The van der Waals surface area contributed by atoms with Gasteiger partial charge in [0.25, 0.3) is 0 Å². The van der Waals surface area contributed by atoms with Gasteiger partial charge in [0, 0.05) is 12.7 Å². The van der Waals surface area contributed by atoms with Crippen molar-refractivity contribution in [3.8, 4) is 5.69 Å². The van der Waals surface area contributed by atoms with Gasteiger partial charge in [-0.2, -0.15) is 5.10 Å². The van der Waals surface area contributed by atoms with Crippen LogP contribution in [0.3, 0.4) is 0 Å². The van der Waals surface area contributed by atoms with E-state index in [0.29, 0.717) is 16.4 Å². The fraction of sp³-hybridized carbons (Fsp3) is 0.208. The number of hydrogen-bond acceptors (Lipinski definition) is 6. The Bertz CT molecular complexity index is 1270. The van der Waals surface area contributed by atoms with Crippen molar-refractivity contribution >= 4 is 40.3 Å². The minimum Gasteiger partial charge on any atom is -0.335 e. The Balaban J connectivity index is 1.42. The number of benzene rings is 2. The maximum absolute atomic E-state index is 12.9. The summed E-state index contributed by atoms with van der Waals surface area (Å²) < 4.78 is 1.75. The Labute approximate surface area is 196 Å². The topological polar surface area (TPSA) is 93.0 Å². The average Bonchev–Trinajstić information content (AvgIpc) is 3.26. The number of anilines is 1. The van der Waals surface area contributed by atoms with Crippen LogP contribution in [0.2, 0.25) is 0 Å². The van der Waals surface area contributed by atoms with Crippen LogP contribution in [0.25, 0.3) is 16.7 Å². The van der Waals surface area contributed by atoms with Gasteiger partial charge in [-0.15, -0.1) is 0 Å². The largest absolute Gasteiger partial charge is 0.335 e. The fourth-order valence-electron chi connectivity index (χ4n) is 3.33. The summed E-state index contributed by atoms with van der Waals surface area (Å²) in [6.07, 6.45) is 3.18. The summed E-state index contributed by atoms with van der Waals surface area (Å²) >= 11 is 1.32. The first-order valence-electron chi connectivity index (χ1n) is 10.4. The number of nitrogens with one attached hydrogen (secondary N) is 1. The molecule has 0 spiro atoms. The predicted octanol–water partition coefficient (Wildman–Crippen LogP) is 3.70. The lowest BCUT2D eigenvalue weighted by Gasteiger charge is -2.20. The Morgan fingerprint density at radius 1 is 1.09 bits per heavy atom. The van der Waals surface area contributed by atoms with Crippen LogP contribution in [0.15, 0.2) is 72.1 Å². The van der Waals surface area contributed by atoms with Crippen molar-refractivity contribution in [1.82, 2.24) is 24.6 Å². The highest BCUT2D eigenvalue weighted by molar-refractivity contribution is 8.00. The van der Waals surface area contributed by atoms with Gasteiger partial charge < -0.3 is 10.2 Å². The molecular formula is C24H24N6O2S. The number of thioether (sulfide) groups is 1. The molecule has 0 saturated carbocycles. The van der Waals surface area contributed by atoms with E-state index in [4.69, 9.17) is 0 Å². The molecule has 4 aromatic rings. The lowest BCUT2D eigenvalue weighted by molar-refractivity contribution is -0.132. The van der Waals surface area contributed by atoms with E-state index in [2.05, 4.69) is 20.4 Å². The number of carbonyl (C=O) groups excluding carboxylic acids is 2. The van der Waals surface area contributed by atoms with Gasteiger partial charge >= 0.3 is 0 Å². The maximum atomic E-state index is 12.9. The molecule has 0 aliphatic heterocycles. The van der Waals surface area contributed by atoms with E-state index < -0.39 is 5.25 Å². The van der Waals surface area contributed by atoms with Gasteiger partial charge in [-0.1, -0.05) is 47.7 Å². The molecule has 33 heavy (non-hydrogen) atoms. The number of rotatable bonds is 7. The Hall–Kier alpha value is -3.72. The molecule has 0 saturated heterocycles. The van der Waals surface area contributed by atoms with E-state index >= 15 is 0 Å². The van der Waals surface area contributed by atoms with Crippen molar-refractivity contribution in [2.75, 3.05) is 18.9 Å². The van der Waals surface area contributed by atoms with Crippen LogP contribution in [0.1, 0.15) is 12.5 Å². The second-order valence-corrected chi connectivity index (χ2v) is 9.01. The van der Waals surface area contributed by atoms with Crippen LogP contribution in [0, 0.1) is 6.92 Å². The van der Waals surface area contributed by atoms with E-state index in [1.807, 2.05) is 61.5 Å². The summed E-state index contributed by atoms with van der Waals surface area (Å²) in [6, 6.07) is 17.2. The molecule has 0 aliphatic carbocycles. The summed E-state index contributed by atoms with van der Waals surface area (Å²) in [5.41, 5.74) is 3.38. The van der Waals surface area contributed by atoms with Crippen LogP contribution < -0.4 is 5.32 Å². The number of para-hydroxylation sites is 1. The number of aromatic nitrogens is 4. The first-order valence-corrected chi connectivity index (χ1v) is 11.3. The molecule has 0 radical (unpaired) electrons. The fourth-order valence-corrected chi connectivity index (χ4v) is 4.33. The zero-order valence-electron chi connectivity index (χ0n) is 18.6. The second kappa shape index (κ2) is 9.83. The average molecular weight is 461 g/mol. The van der Waals surface area contributed by atoms with Crippen molar-refractivity contribution in [2.45, 2.75) is 24.1 Å². The summed E-state index contributed by atoms with van der Waals surface area (Å²) in [5, 5.41) is 8.26. The molecular weight excluding hydrogens is 436 g/mol. The summed E-state index contributed by atoms with van der Waals surface area (Å²) in [5.74, 6) is -0.415. The predicted molar refractivity (Wildman–Crippen MR) is 129 cm³/mol. The van der Waals surface area contributed by atoms with E-state index in [0.717, 1.165) is 16.6 Å². The van der Waals surface area contributed by atoms with Crippen LogP contribution in [0.5, 0.6) is 0 Å². The smallest absolute Gasteiger partial charge is 0.243 e. The molecule has 8 nitrogen and oxygen atoms in total. The van der Waals surface area contributed by atoms with E-state index in [1.165, 1.54) is 23.0 Å². The summed E-state index contributed by atoms with van der Waals surface area (Å²) in [4.78, 5) is 35.4. The number of hydrogen-bond donors (Lipinski definition) is 1. The van der Waals surface area contributed by atoms with Crippen LogP contribution in [-0.4, -0.2) is 55.3 Å². The first kappa shape index (κ1) is 22.5. The summed E-state index contributed by atoms with van der Waals surface area (Å²) in [7, 11) is 1.62. The van der Waals surface area contributed by atoms with Crippen molar-refractivity contribution in [3.63, 3.8) is 0 Å².